The van der Waals surface area contributed by atoms with Crippen LogP contribution >= 0.6 is 11.8 Å². The van der Waals surface area contributed by atoms with Crippen molar-refractivity contribution >= 4 is 23.7 Å². The molecule has 1 rings (SSSR count). The van der Waals surface area contributed by atoms with E-state index >= 15 is 0 Å². The van der Waals surface area contributed by atoms with Crippen LogP contribution in [0.15, 0.2) is 4.99 Å². The number of ether oxygens (including phenoxy) is 1. The first-order chi connectivity index (χ1) is 10.2. The second-order valence-electron chi connectivity index (χ2n) is 6.68. The Labute approximate surface area is 139 Å². The summed E-state index contributed by atoms with van der Waals surface area (Å²) in [5.74, 6) is 0.887. The fourth-order valence-electron chi connectivity index (χ4n) is 2.33. The van der Waals surface area contributed by atoms with E-state index in [2.05, 4.69) is 30.4 Å². The summed E-state index contributed by atoms with van der Waals surface area (Å²) < 4.78 is 5.67. The standard InChI is InChI=1S/C16H31N3O2S/c1-7-16(8-2,22-6)12-18-13-11-19(10-9-17-13)14(20)21-15(3,4)5/h7-12H2,1-6H3,(H,17,18). The number of hydrogen-bond acceptors (Lipinski definition) is 5. The summed E-state index contributed by atoms with van der Waals surface area (Å²) in [5, 5.41) is 3.44. The van der Waals surface area contributed by atoms with Crippen LogP contribution in [-0.4, -0.2) is 59.6 Å². The first kappa shape index (κ1) is 19.1. The number of nitrogens with one attached hydrogen (secondary N) is 1. The van der Waals surface area contributed by atoms with Crippen LogP contribution in [0.5, 0.6) is 0 Å². The number of carbonyl (C=O) groups excluding carboxylic acids is 1. The zero-order valence-corrected chi connectivity index (χ0v) is 15.7. The maximum Gasteiger partial charge on any atom is 0.410 e. The van der Waals surface area contributed by atoms with Crippen molar-refractivity contribution in [1.29, 1.82) is 0 Å². The Morgan fingerprint density at radius 3 is 2.50 bits per heavy atom. The summed E-state index contributed by atoms with van der Waals surface area (Å²) in [6.45, 7) is 12.7. The molecular formula is C16H31N3O2S. The van der Waals surface area contributed by atoms with Gasteiger partial charge in [-0.25, -0.2) is 4.79 Å². The summed E-state index contributed by atoms with van der Waals surface area (Å²) in [7, 11) is 0. The van der Waals surface area contributed by atoms with E-state index in [-0.39, 0.29) is 10.8 Å². The lowest BCUT2D eigenvalue weighted by molar-refractivity contribution is 0.0276. The summed E-state index contributed by atoms with van der Waals surface area (Å²) in [4.78, 5) is 18.4. The second-order valence-corrected chi connectivity index (χ2v) is 7.95. The van der Waals surface area contributed by atoms with Crippen molar-refractivity contribution in [3.05, 3.63) is 0 Å². The Bertz CT molecular complexity index is 392. The van der Waals surface area contributed by atoms with E-state index in [4.69, 9.17) is 4.74 Å². The van der Waals surface area contributed by atoms with E-state index in [0.717, 1.165) is 25.2 Å². The molecule has 0 fully saturated rings. The number of thioether (sulfide) groups is 1. The van der Waals surface area contributed by atoms with E-state index in [0.29, 0.717) is 19.6 Å². The lowest BCUT2D eigenvalue weighted by Gasteiger charge is -2.33. The van der Waals surface area contributed by atoms with Gasteiger partial charge in [0.15, 0.2) is 0 Å². The molecule has 0 spiro atoms. The Morgan fingerprint density at radius 1 is 1.36 bits per heavy atom. The van der Waals surface area contributed by atoms with Crippen LogP contribution in [-0.2, 0) is 4.74 Å². The minimum absolute atomic E-state index is 0.233. The van der Waals surface area contributed by atoms with E-state index in [9.17, 15) is 4.79 Å². The molecule has 0 unspecified atom stereocenters. The Hall–Kier alpha value is -0.910. The Kier molecular flexibility index (Phi) is 7.03. The van der Waals surface area contributed by atoms with Gasteiger partial charge in [0, 0.05) is 17.8 Å². The maximum atomic E-state index is 12.1. The fraction of sp³-hybridized carbons (Fsp3) is 0.875. The third kappa shape index (κ3) is 5.71. The molecule has 22 heavy (non-hydrogen) atoms. The maximum absolute atomic E-state index is 12.1. The van der Waals surface area contributed by atoms with Gasteiger partial charge >= 0.3 is 6.09 Å². The highest BCUT2D eigenvalue weighted by Gasteiger charge is 2.28. The molecule has 1 heterocycles. The van der Waals surface area contributed by atoms with Gasteiger partial charge in [0.25, 0.3) is 0 Å². The smallest absolute Gasteiger partial charge is 0.410 e. The second kappa shape index (κ2) is 8.09. The predicted molar refractivity (Wildman–Crippen MR) is 94.9 cm³/mol. The molecule has 0 aromatic heterocycles. The summed E-state index contributed by atoms with van der Waals surface area (Å²) >= 11 is 1.90. The third-order valence-electron chi connectivity index (χ3n) is 4.00. The fourth-order valence-corrected chi connectivity index (χ4v) is 3.13. The van der Waals surface area contributed by atoms with E-state index in [1.165, 1.54) is 0 Å². The summed E-state index contributed by atoms with van der Waals surface area (Å²) in [6.07, 6.45) is 4.12. The van der Waals surface area contributed by atoms with Crippen LogP contribution < -0.4 is 5.32 Å². The monoisotopic (exact) mass is 329 g/mol. The van der Waals surface area contributed by atoms with Gasteiger partial charge in [0.05, 0.1) is 13.1 Å². The van der Waals surface area contributed by atoms with Crippen molar-refractivity contribution in [2.75, 3.05) is 32.4 Å². The minimum Gasteiger partial charge on any atom is -0.444 e. The first-order valence-electron chi connectivity index (χ1n) is 8.05. The van der Waals surface area contributed by atoms with Crippen molar-refractivity contribution in [2.45, 2.75) is 57.8 Å². The van der Waals surface area contributed by atoms with Crippen molar-refractivity contribution in [1.82, 2.24) is 10.2 Å². The lowest BCUT2D eigenvalue weighted by Crippen LogP contribution is -2.49. The summed E-state index contributed by atoms with van der Waals surface area (Å²) in [6, 6.07) is 0. The van der Waals surface area contributed by atoms with Gasteiger partial charge in [-0.1, -0.05) is 13.8 Å². The number of rotatable bonds is 5. The predicted octanol–water partition coefficient (Wildman–Crippen LogP) is 3.15. The van der Waals surface area contributed by atoms with E-state index in [1.807, 2.05) is 32.5 Å². The zero-order chi connectivity index (χ0) is 16.8. The molecule has 1 aliphatic heterocycles. The van der Waals surface area contributed by atoms with Crippen LogP contribution in [0.2, 0.25) is 0 Å². The van der Waals surface area contributed by atoms with Crippen LogP contribution in [0.3, 0.4) is 0 Å². The molecule has 5 nitrogen and oxygen atoms in total. The number of hydrogen-bond donors (Lipinski definition) is 1. The highest BCUT2D eigenvalue weighted by Crippen LogP contribution is 2.29. The zero-order valence-electron chi connectivity index (χ0n) is 14.9. The molecule has 0 atom stereocenters. The average molecular weight is 330 g/mol. The van der Waals surface area contributed by atoms with Crippen LogP contribution in [0.25, 0.3) is 0 Å². The number of amidine groups is 1. The van der Waals surface area contributed by atoms with Crippen molar-refractivity contribution in [3.63, 3.8) is 0 Å². The molecule has 1 amide bonds. The molecule has 0 aliphatic carbocycles. The first-order valence-corrected chi connectivity index (χ1v) is 9.28. The molecule has 0 saturated heterocycles. The van der Waals surface area contributed by atoms with Crippen LogP contribution in [0.1, 0.15) is 47.5 Å². The number of amides is 1. The third-order valence-corrected chi connectivity index (χ3v) is 5.59. The molecule has 128 valence electrons. The van der Waals surface area contributed by atoms with Gasteiger partial charge in [-0.15, -0.1) is 0 Å². The number of aliphatic imine (C=N–C) groups is 1. The Balaban J connectivity index is 2.57. The highest BCUT2D eigenvalue weighted by atomic mass is 32.2. The topological polar surface area (TPSA) is 53.9 Å². The van der Waals surface area contributed by atoms with Crippen molar-refractivity contribution < 1.29 is 9.53 Å². The average Bonchev–Trinajstić information content (AvgIpc) is 2.48. The molecule has 0 saturated carbocycles. The molecule has 0 radical (unpaired) electrons. The SMILES string of the molecule is CCC(CC)(CNC1=NCCN(C(=O)OC(C)(C)C)C1)SC. The largest absolute Gasteiger partial charge is 0.444 e. The lowest BCUT2D eigenvalue weighted by atomic mass is 10.0. The van der Waals surface area contributed by atoms with Gasteiger partial charge in [0.2, 0.25) is 0 Å². The molecule has 1 aliphatic rings. The summed E-state index contributed by atoms with van der Waals surface area (Å²) in [5.41, 5.74) is -0.461. The van der Waals surface area contributed by atoms with Gasteiger partial charge in [-0.2, -0.15) is 11.8 Å². The van der Waals surface area contributed by atoms with Crippen LogP contribution in [0.4, 0.5) is 4.79 Å². The Morgan fingerprint density at radius 2 is 2.00 bits per heavy atom. The molecular weight excluding hydrogens is 298 g/mol. The molecule has 0 aromatic rings. The number of carbonyl (C=O) groups is 1. The number of nitrogens with zero attached hydrogens (tertiary/aromatic N) is 2. The van der Waals surface area contributed by atoms with Crippen molar-refractivity contribution in [3.8, 4) is 0 Å². The van der Waals surface area contributed by atoms with E-state index < -0.39 is 5.60 Å². The normalized spacial score (nSPS) is 16.3. The van der Waals surface area contributed by atoms with Crippen LogP contribution in [0, 0.1) is 0 Å². The molecule has 1 N–H and O–H groups in total. The van der Waals surface area contributed by atoms with Gasteiger partial charge in [-0.05, 0) is 39.9 Å². The quantitative estimate of drug-likeness (QED) is 0.842. The van der Waals surface area contributed by atoms with E-state index in [1.54, 1.807) is 4.90 Å². The van der Waals surface area contributed by atoms with Gasteiger partial charge in [0.1, 0.15) is 11.4 Å². The minimum atomic E-state index is -0.461. The van der Waals surface area contributed by atoms with Crippen molar-refractivity contribution in [2.24, 2.45) is 4.99 Å². The highest BCUT2D eigenvalue weighted by molar-refractivity contribution is 8.00. The molecule has 6 heteroatoms. The van der Waals surface area contributed by atoms with Gasteiger partial charge in [-0.3, -0.25) is 9.89 Å². The molecule has 0 bridgehead atoms. The van der Waals surface area contributed by atoms with Gasteiger partial charge < -0.3 is 10.1 Å². The molecule has 0 aromatic carbocycles.